The van der Waals surface area contributed by atoms with Crippen LogP contribution in [0.15, 0.2) is 50.9 Å². The van der Waals surface area contributed by atoms with Crippen LogP contribution in [0.25, 0.3) is 0 Å². The van der Waals surface area contributed by atoms with Crippen LogP contribution in [-0.2, 0) is 41.6 Å². The molecule has 2 saturated carbocycles. The Kier molecular flexibility index (Phi) is 36.4. The Hall–Kier alpha value is -8.60. The molecule has 4 aliphatic heterocycles. The number of oxazole rings is 1. The van der Waals surface area contributed by atoms with Gasteiger partial charge in [0.1, 0.15) is 11.5 Å². The molecule has 9 atom stereocenters. The Morgan fingerprint density at radius 2 is 0.889 bits per heavy atom. The summed E-state index contributed by atoms with van der Waals surface area (Å²) < 4.78 is 45.6. The van der Waals surface area contributed by atoms with Crippen LogP contribution in [0.2, 0.25) is 0 Å². The molecule has 3 saturated heterocycles. The van der Waals surface area contributed by atoms with Crippen LogP contribution < -0.4 is 0 Å². The zero-order chi connectivity index (χ0) is 90.2. The Morgan fingerprint density at radius 3 is 1.23 bits per heavy atom. The van der Waals surface area contributed by atoms with Gasteiger partial charge in [-0.15, -0.1) is 0 Å². The van der Waals surface area contributed by atoms with Crippen LogP contribution >= 0.6 is 0 Å². The van der Waals surface area contributed by atoms with Gasteiger partial charge in [0.15, 0.2) is 45.7 Å². The van der Waals surface area contributed by atoms with Gasteiger partial charge in [-0.25, -0.2) is 9.37 Å². The molecule has 0 bridgehead atoms. The van der Waals surface area contributed by atoms with E-state index in [1.165, 1.54) is 19.0 Å². The lowest BCUT2D eigenvalue weighted by molar-refractivity contribution is -0.153. The number of likely N-dealkylation sites (tertiary alicyclic amines) is 3. The quantitative estimate of drug-likeness (QED) is 0.130. The minimum absolute atomic E-state index is 0. The largest absolute Gasteiger partial charge is 0.442 e. The van der Waals surface area contributed by atoms with E-state index >= 15 is 0 Å². The Balaban J connectivity index is 0.000000668. The number of pyridine rings is 1. The first kappa shape index (κ1) is 106. The molecule has 8 N–H and O–H groups in total. The van der Waals surface area contributed by atoms with Crippen molar-refractivity contribution in [3.63, 3.8) is 0 Å². The highest BCUT2D eigenvalue weighted by Gasteiger charge is 2.65. The molecular weight excluding hydrogens is 1500 g/mol. The van der Waals surface area contributed by atoms with Gasteiger partial charge in [-0.1, -0.05) is 108 Å². The Morgan fingerprint density at radius 1 is 0.479 bits per heavy atom. The van der Waals surface area contributed by atoms with Gasteiger partial charge in [-0.3, -0.25) is 29.0 Å². The number of azo groups is 1. The molecule has 21 nitrogen and oxygen atoms in total. The number of hydrogen-bond donors (Lipinski definition) is 8. The number of nitrogens with zero attached hydrogens (tertiary/aromatic N) is 7. The molecule has 6 heterocycles. The van der Waals surface area contributed by atoms with Crippen molar-refractivity contribution in [2.24, 2.45) is 53.5 Å². The summed E-state index contributed by atoms with van der Waals surface area (Å²) in [5, 5.41) is 87.2. The molecule has 0 radical (unpaired) electrons. The third-order valence-electron chi connectivity index (χ3n) is 16.8. The lowest BCUT2D eigenvalue weighted by Gasteiger charge is -2.20. The van der Waals surface area contributed by atoms with E-state index in [0.29, 0.717) is 63.1 Å². The van der Waals surface area contributed by atoms with Gasteiger partial charge in [-0.2, -0.15) is 19.0 Å². The zero-order valence-corrected chi connectivity index (χ0v) is 74.4. The number of aromatic nitrogens is 2. The number of ketones is 2. The molecule has 9 unspecified atom stereocenters. The third-order valence-corrected chi connectivity index (χ3v) is 16.8. The molecule has 3 amide bonds. The summed E-state index contributed by atoms with van der Waals surface area (Å²) in [4.78, 5) is 68.7. The fourth-order valence-corrected chi connectivity index (χ4v) is 10.2. The SMILES string of the molecule is C.CC(C)(C)C#CC(C)(O)C1=CCN=N1.CC(C)(C)C#CC1(O)CCCC1=O.CC(C)(C)C#CC1(O)CCCC1=O.CC(C)(C)C#CC1(O)CCc2cccnc21.CN1CC(F)(F)C(O)(C#CC(C)(C)C)C1=O.CN1CC(F)C(O)(C#CC(C)(C)C)C1=O.CN1CCC(O)(C#CC(C)(C)C)C1=O.Cc1cnc(C(C)(O)C#CC(C)(C)C)o1. The van der Waals surface area contributed by atoms with Gasteiger partial charge >= 0.3 is 5.92 Å². The molecule has 5 fully saturated rings. The molecule has 2 aromatic heterocycles. The Bertz CT molecular complexity index is 4400. The van der Waals surface area contributed by atoms with E-state index in [4.69, 9.17) is 4.42 Å². The zero-order valence-electron chi connectivity index (χ0n) is 74.4. The number of Topliss-reactive ketones (excluding diaryl/α,β-unsaturated/α-hetero) is 2. The van der Waals surface area contributed by atoms with Crippen molar-refractivity contribution in [3.8, 4) is 94.7 Å². The molecular formula is C93H134F3N7O14. The van der Waals surface area contributed by atoms with E-state index in [0.717, 1.165) is 40.3 Å². The smallest absolute Gasteiger partial charge is 0.313 e. The van der Waals surface area contributed by atoms with Crippen molar-refractivity contribution in [2.45, 2.75) is 309 Å². The summed E-state index contributed by atoms with van der Waals surface area (Å²) in [5.74, 6) is 39.2. The molecule has 9 rings (SSSR count). The fraction of sp³-hybridized carbons (Fsp3) is 0.667. The molecule has 24 heteroatoms. The Labute approximate surface area is 696 Å². The van der Waals surface area contributed by atoms with Crippen LogP contribution in [0, 0.1) is 145 Å². The molecule has 646 valence electrons. The number of aryl methyl sites for hydroxylation is 2. The average molecular weight is 1630 g/mol. The monoisotopic (exact) mass is 1630 g/mol. The summed E-state index contributed by atoms with van der Waals surface area (Å²) in [5.41, 5.74) is -12.0. The van der Waals surface area contributed by atoms with E-state index in [1.54, 1.807) is 67.1 Å². The predicted molar refractivity (Wildman–Crippen MR) is 450 cm³/mol. The number of carbonyl (C=O) groups excluding carboxylic acids is 5. The molecule has 7 aliphatic rings. The second-order valence-electron chi connectivity index (χ2n) is 38.9. The minimum Gasteiger partial charge on any atom is -0.442 e. The van der Waals surface area contributed by atoms with Gasteiger partial charge in [0.25, 0.3) is 23.3 Å². The molecule has 0 aromatic carbocycles. The number of aliphatic hydroxyl groups is 8. The van der Waals surface area contributed by atoms with Crippen LogP contribution in [0.4, 0.5) is 13.2 Å². The molecule has 3 aliphatic carbocycles. The summed E-state index contributed by atoms with van der Waals surface area (Å²) >= 11 is 0. The number of carbonyl (C=O) groups is 5. The standard InChI is InChI=1S/C14H17NO.C12H17NO2.C11H15F2NO2.C11H16FNO2.C11H16N2O.C11H17NO2.2C11H16O2.CH4/c1-13(2,3)8-9-14(16)7-6-11-5-4-10-15-12(11)14;1-9-8-13-10(15-9)12(5,14)7-6-11(2,3)4;1-9(2,3)5-6-10(16)8(15)14(4)7-11(10,12)13;1-10(2,3)5-6-11(15)8(12)7-13(4)9(11)14;1-10(2,3)6-7-11(4,14)9-5-8-12-13-9;1-10(2,3)5-6-11(14)7-8-12(4)9(11)13;2*1-10(2,3)7-8-11(13)6-4-5-9(11)12;/h4-5,10,16H,6-7H2,1-3H3;8,14H,1-5H3;16H,7H2,1-4H3;8,15H,7H2,1-4H3;5,14H,8H2,1-4H3;14H,7-8H2,1-4H3;2*13H,4-6H2,1-3H3;1H4. The highest BCUT2D eigenvalue weighted by molar-refractivity contribution is 5.94. The number of likely N-dealkylation sites (N-methyl/N-ethyl adjacent to an activating group) is 3. The first-order chi connectivity index (χ1) is 52.0. The average Bonchev–Trinajstić information content (AvgIpc) is 1.60. The van der Waals surface area contributed by atoms with Gasteiger partial charge < -0.3 is 60.0 Å². The molecule has 2 aromatic rings. The van der Waals surface area contributed by atoms with E-state index < -0.39 is 80.7 Å². The summed E-state index contributed by atoms with van der Waals surface area (Å²) in [6.45, 7) is 51.5. The van der Waals surface area contributed by atoms with Crippen molar-refractivity contribution in [3.05, 3.63) is 59.2 Å². The summed E-state index contributed by atoms with van der Waals surface area (Å²) in [6, 6.07) is 3.92. The van der Waals surface area contributed by atoms with Crippen molar-refractivity contribution >= 4 is 29.3 Å². The third kappa shape index (κ3) is 35.1. The number of rotatable bonds is 2. The summed E-state index contributed by atoms with van der Waals surface area (Å²) in [7, 11) is 4.34. The minimum atomic E-state index is -3.53. The highest BCUT2D eigenvalue weighted by Crippen LogP contribution is 2.39. The maximum absolute atomic E-state index is 13.5. The normalized spacial score (nSPS) is 25.1. The lowest BCUT2D eigenvalue weighted by atomic mass is 9.93. The number of alkyl halides is 3. The van der Waals surface area contributed by atoms with Gasteiger partial charge in [0, 0.05) is 96.5 Å². The number of halogens is 3. The van der Waals surface area contributed by atoms with Crippen molar-refractivity contribution in [1.82, 2.24) is 24.7 Å². The van der Waals surface area contributed by atoms with Crippen molar-refractivity contribution in [1.29, 1.82) is 0 Å². The van der Waals surface area contributed by atoms with Crippen LogP contribution in [0.1, 0.15) is 262 Å². The van der Waals surface area contributed by atoms with Crippen molar-refractivity contribution < 1.29 is 82.4 Å². The maximum Gasteiger partial charge on any atom is 0.313 e. The first-order valence-corrected chi connectivity index (χ1v) is 38.9. The van der Waals surface area contributed by atoms with Gasteiger partial charge in [0.2, 0.25) is 17.1 Å². The molecule has 0 spiro atoms. The number of hydrogen-bond acceptors (Lipinski definition) is 18. The first-order valence-electron chi connectivity index (χ1n) is 38.9. The summed E-state index contributed by atoms with van der Waals surface area (Å²) in [6.07, 6.45) is 8.81. The van der Waals surface area contributed by atoms with Crippen LogP contribution in [-0.4, -0.2) is 188 Å². The second-order valence-corrected chi connectivity index (χ2v) is 38.9. The lowest BCUT2D eigenvalue weighted by Crippen LogP contribution is -2.49. The van der Waals surface area contributed by atoms with Crippen LogP contribution in [0.5, 0.6) is 0 Å². The van der Waals surface area contributed by atoms with Gasteiger partial charge in [0.05, 0.1) is 31.5 Å². The topological polar surface area (TPSA) is 321 Å². The number of fused-ring (bicyclic) bond motifs is 1. The predicted octanol–water partition coefficient (Wildman–Crippen LogP) is 12.4. The van der Waals surface area contributed by atoms with Gasteiger partial charge in [-0.05, 0) is 243 Å². The number of amides is 3. The van der Waals surface area contributed by atoms with E-state index in [1.807, 2.05) is 163 Å². The van der Waals surface area contributed by atoms with E-state index in [9.17, 15) is 78.0 Å². The van der Waals surface area contributed by atoms with Crippen molar-refractivity contribution in [2.75, 3.05) is 47.3 Å². The van der Waals surface area contributed by atoms with E-state index in [2.05, 4.69) is 109 Å². The molecule has 117 heavy (non-hydrogen) atoms. The van der Waals surface area contributed by atoms with E-state index in [-0.39, 0.29) is 75.2 Å². The fourth-order valence-electron chi connectivity index (χ4n) is 10.2. The maximum atomic E-state index is 13.5. The second kappa shape index (κ2) is 40.0. The van der Waals surface area contributed by atoms with Crippen LogP contribution in [0.3, 0.4) is 0 Å². The highest BCUT2D eigenvalue weighted by atomic mass is 19.3.